The fourth-order valence-electron chi connectivity index (χ4n) is 3.02. The molecule has 0 saturated heterocycles. The third-order valence-electron chi connectivity index (χ3n) is 4.57. The summed E-state index contributed by atoms with van der Waals surface area (Å²) in [6.07, 6.45) is 2.31. The van der Waals surface area contributed by atoms with Gasteiger partial charge in [0.2, 0.25) is 11.8 Å². The quantitative estimate of drug-likeness (QED) is 0.660. The SMILES string of the molecule is CC(=O)NC(Cc1c[nH]c2ccccc12)C(=O)Nc1ccc(C)c(C)c1. The van der Waals surface area contributed by atoms with Gasteiger partial charge >= 0.3 is 0 Å². The standard InChI is InChI=1S/C21H23N3O2/c1-13-8-9-17(10-14(13)2)24-21(26)20(23-15(3)25)11-16-12-22-19-7-5-4-6-18(16)19/h4-10,12,20,22H,11H2,1-3H3,(H,23,25)(H,24,26). The van der Waals surface area contributed by atoms with Gasteiger partial charge in [-0.15, -0.1) is 0 Å². The molecule has 2 aromatic carbocycles. The molecule has 134 valence electrons. The molecule has 0 aliphatic carbocycles. The lowest BCUT2D eigenvalue weighted by Gasteiger charge is -2.18. The largest absolute Gasteiger partial charge is 0.361 e. The van der Waals surface area contributed by atoms with E-state index >= 15 is 0 Å². The van der Waals surface area contributed by atoms with Crippen LogP contribution in [0.2, 0.25) is 0 Å². The van der Waals surface area contributed by atoms with Gasteiger partial charge in [0.25, 0.3) is 0 Å². The summed E-state index contributed by atoms with van der Waals surface area (Å²) < 4.78 is 0. The van der Waals surface area contributed by atoms with Gasteiger partial charge in [0.15, 0.2) is 0 Å². The predicted molar refractivity (Wildman–Crippen MR) is 104 cm³/mol. The minimum atomic E-state index is -0.645. The Balaban J connectivity index is 1.81. The Bertz CT molecular complexity index is 959. The van der Waals surface area contributed by atoms with Crippen LogP contribution in [0.25, 0.3) is 10.9 Å². The monoisotopic (exact) mass is 349 g/mol. The molecular weight excluding hydrogens is 326 g/mol. The van der Waals surface area contributed by atoms with Crippen molar-refractivity contribution in [3.63, 3.8) is 0 Å². The summed E-state index contributed by atoms with van der Waals surface area (Å²) in [6, 6.07) is 13.0. The van der Waals surface area contributed by atoms with E-state index in [1.54, 1.807) is 0 Å². The van der Waals surface area contributed by atoms with Crippen LogP contribution in [0.5, 0.6) is 0 Å². The molecular formula is C21H23N3O2. The van der Waals surface area contributed by atoms with Gasteiger partial charge in [-0.05, 0) is 48.7 Å². The molecule has 3 aromatic rings. The second-order valence-electron chi connectivity index (χ2n) is 6.61. The van der Waals surface area contributed by atoms with Crippen LogP contribution < -0.4 is 10.6 Å². The zero-order valence-corrected chi connectivity index (χ0v) is 15.2. The number of fused-ring (bicyclic) bond motifs is 1. The Morgan fingerprint density at radius 2 is 1.85 bits per heavy atom. The highest BCUT2D eigenvalue weighted by atomic mass is 16.2. The maximum atomic E-state index is 12.8. The number of H-pyrrole nitrogens is 1. The van der Waals surface area contributed by atoms with Gasteiger partial charge in [-0.2, -0.15) is 0 Å². The molecule has 0 fully saturated rings. The molecule has 0 spiro atoms. The molecule has 2 amide bonds. The highest BCUT2D eigenvalue weighted by molar-refractivity contribution is 5.97. The summed E-state index contributed by atoms with van der Waals surface area (Å²) in [5.74, 6) is -0.459. The number of amides is 2. The first kappa shape index (κ1) is 17.7. The molecule has 5 heteroatoms. The fraction of sp³-hybridized carbons (Fsp3) is 0.238. The molecule has 0 saturated carbocycles. The van der Waals surface area contributed by atoms with Crippen molar-refractivity contribution in [1.82, 2.24) is 10.3 Å². The van der Waals surface area contributed by atoms with Crippen LogP contribution in [0.3, 0.4) is 0 Å². The number of aromatic amines is 1. The minimum Gasteiger partial charge on any atom is -0.361 e. The Labute approximate surface area is 152 Å². The zero-order chi connectivity index (χ0) is 18.7. The lowest BCUT2D eigenvalue weighted by molar-refractivity contribution is -0.125. The molecule has 1 unspecified atom stereocenters. The first-order chi connectivity index (χ1) is 12.4. The summed E-state index contributed by atoms with van der Waals surface area (Å²) in [5.41, 5.74) is 5.01. The van der Waals surface area contributed by atoms with Gasteiger partial charge in [0.05, 0.1) is 0 Å². The number of carbonyl (C=O) groups is 2. The molecule has 0 bridgehead atoms. The summed E-state index contributed by atoms with van der Waals surface area (Å²) in [4.78, 5) is 27.6. The Hall–Kier alpha value is -3.08. The molecule has 3 rings (SSSR count). The maximum Gasteiger partial charge on any atom is 0.247 e. The fourth-order valence-corrected chi connectivity index (χ4v) is 3.02. The average molecular weight is 349 g/mol. The number of benzene rings is 2. The van der Waals surface area contributed by atoms with Crippen LogP contribution in [-0.2, 0) is 16.0 Å². The van der Waals surface area contributed by atoms with Gasteiger partial charge in [-0.3, -0.25) is 9.59 Å². The molecule has 1 heterocycles. The van der Waals surface area contributed by atoms with E-state index < -0.39 is 6.04 Å². The van der Waals surface area contributed by atoms with E-state index in [-0.39, 0.29) is 11.8 Å². The number of aromatic nitrogens is 1. The van der Waals surface area contributed by atoms with Crippen molar-refractivity contribution in [3.8, 4) is 0 Å². The van der Waals surface area contributed by atoms with Gasteiger partial charge in [0.1, 0.15) is 6.04 Å². The first-order valence-corrected chi connectivity index (χ1v) is 8.64. The number of rotatable bonds is 5. The maximum absolute atomic E-state index is 12.8. The summed E-state index contributed by atoms with van der Waals surface area (Å²) in [5, 5.41) is 6.73. The number of para-hydroxylation sites is 1. The van der Waals surface area contributed by atoms with Crippen LogP contribution in [-0.4, -0.2) is 22.8 Å². The smallest absolute Gasteiger partial charge is 0.247 e. The van der Waals surface area contributed by atoms with E-state index in [2.05, 4.69) is 15.6 Å². The normalized spacial score (nSPS) is 12.0. The highest BCUT2D eigenvalue weighted by Crippen LogP contribution is 2.20. The molecule has 0 aliphatic heterocycles. The Morgan fingerprint density at radius 1 is 1.08 bits per heavy atom. The number of hydrogen-bond donors (Lipinski definition) is 3. The summed E-state index contributed by atoms with van der Waals surface area (Å²) in [7, 11) is 0. The molecule has 0 radical (unpaired) electrons. The highest BCUT2D eigenvalue weighted by Gasteiger charge is 2.21. The van der Waals surface area contributed by atoms with E-state index in [1.165, 1.54) is 12.5 Å². The second kappa shape index (κ2) is 7.44. The van der Waals surface area contributed by atoms with Crippen LogP contribution in [0.4, 0.5) is 5.69 Å². The van der Waals surface area contributed by atoms with Gasteiger partial charge in [0, 0.05) is 36.1 Å². The number of carbonyl (C=O) groups excluding carboxylic acids is 2. The molecule has 3 N–H and O–H groups in total. The molecule has 5 nitrogen and oxygen atoms in total. The average Bonchev–Trinajstić information content (AvgIpc) is 3.00. The zero-order valence-electron chi connectivity index (χ0n) is 15.2. The third-order valence-corrected chi connectivity index (χ3v) is 4.57. The molecule has 1 aromatic heterocycles. The topological polar surface area (TPSA) is 74.0 Å². The number of nitrogens with one attached hydrogen (secondary N) is 3. The molecule has 26 heavy (non-hydrogen) atoms. The van der Waals surface area contributed by atoms with Gasteiger partial charge in [-0.25, -0.2) is 0 Å². The van der Waals surface area contributed by atoms with Crippen molar-refractivity contribution in [2.24, 2.45) is 0 Å². The Morgan fingerprint density at radius 3 is 2.58 bits per heavy atom. The van der Waals surface area contributed by atoms with Crippen LogP contribution >= 0.6 is 0 Å². The van der Waals surface area contributed by atoms with E-state index in [4.69, 9.17) is 0 Å². The molecule has 1 atom stereocenters. The first-order valence-electron chi connectivity index (χ1n) is 8.64. The van der Waals surface area contributed by atoms with Crippen molar-refractivity contribution in [1.29, 1.82) is 0 Å². The lowest BCUT2D eigenvalue weighted by Crippen LogP contribution is -2.44. The van der Waals surface area contributed by atoms with Crippen LogP contribution in [0, 0.1) is 13.8 Å². The minimum absolute atomic E-state index is 0.228. The van der Waals surface area contributed by atoms with Crippen molar-refractivity contribution >= 4 is 28.4 Å². The Kier molecular flexibility index (Phi) is 5.07. The summed E-state index contributed by atoms with van der Waals surface area (Å²) in [6.45, 7) is 5.45. The van der Waals surface area contributed by atoms with Crippen molar-refractivity contribution in [2.45, 2.75) is 33.2 Å². The second-order valence-corrected chi connectivity index (χ2v) is 6.61. The van der Waals surface area contributed by atoms with E-state index in [0.29, 0.717) is 6.42 Å². The van der Waals surface area contributed by atoms with Gasteiger partial charge in [-0.1, -0.05) is 24.3 Å². The third kappa shape index (κ3) is 3.94. The van der Waals surface area contributed by atoms with E-state index in [9.17, 15) is 9.59 Å². The van der Waals surface area contributed by atoms with E-state index in [1.807, 2.05) is 62.5 Å². The van der Waals surface area contributed by atoms with Crippen molar-refractivity contribution < 1.29 is 9.59 Å². The number of anilines is 1. The van der Waals surface area contributed by atoms with E-state index in [0.717, 1.165) is 27.7 Å². The predicted octanol–water partition coefficient (Wildman–Crippen LogP) is 3.47. The van der Waals surface area contributed by atoms with Gasteiger partial charge < -0.3 is 15.6 Å². The summed E-state index contributed by atoms with van der Waals surface area (Å²) >= 11 is 0. The van der Waals surface area contributed by atoms with Crippen LogP contribution in [0.15, 0.2) is 48.7 Å². The molecule has 0 aliphatic rings. The van der Waals surface area contributed by atoms with Crippen LogP contribution in [0.1, 0.15) is 23.6 Å². The van der Waals surface area contributed by atoms with Crippen molar-refractivity contribution in [3.05, 3.63) is 65.4 Å². The number of hydrogen-bond acceptors (Lipinski definition) is 2. The van der Waals surface area contributed by atoms with Crippen molar-refractivity contribution in [2.75, 3.05) is 5.32 Å². The lowest BCUT2D eigenvalue weighted by atomic mass is 10.0. The number of aryl methyl sites for hydroxylation is 2.